The molecule has 1 nitrogen and oxygen atoms in total. The van der Waals surface area contributed by atoms with Gasteiger partial charge in [0.05, 0.1) is 0 Å². The van der Waals surface area contributed by atoms with E-state index in [-0.39, 0.29) is 11.6 Å². The molecule has 0 atom stereocenters. The van der Waals surface area contributed by atoms with Crippen molar-refractivity contribution in [2.45, 2.75) is 13.3 Å². The van der Waals surface area contributed by atoms with E-state index >= 15 is 0 Å². The Morgan fingerprint density at radius 2 is 2.00 bits per heavy atom. The van der Waals surface area contributed by atoms with E-state index in [1.165, 1.54) is 6.07 Å². The molecule has 2 rings (SSSR count). The molecule has 0 bridgehead atoms. The summed E-state index contributed by atoms with van der Waals surface area (Å²) in [5, 5.41) is 0.358. The number of benzene rings is 2. The van der Waals surface area contributed by atoms with Gasteiger partial charge in [-0.1, -0.05) is 36.7 Å². The lowest BCUT2D eigenvalue weighted by Gasteiger charge is -2.06. The molecule has 0 aromatic heterocycles. The fraction of sp³-hybridized carbons (Fsp3) is 0.133. The van der Waals surface area contributed by atoms with Gasteiger partial charge in [-0.3, -0.25) is 4.79 Å². The standard InChI is InChI=1S/C15H12ClFO/c1-2-15(18)11-5-3-4-10(8-11)13-7-6-12(16)9-14(13)17/h3-9H,2H2,1H3. The minimum atomic E-state index is -0.386. The quantitative estimate of drug-likeness (QED) is 0.730. The Morgan fingerprint density at radius 3 is 2.67 bits per heavy atom. The van der Waals surface area contributed by atoms with E-state index in [4.69, 9.17) is 11.6 Å². The number of hydrogen-bond acceptors (Lipinski definition) is 1. The Bertz CT molecular complexity index is 593. The molecule has 0 radical (unpaired) electrons. The van der Waals surface area contributed by atoms with Crippen LogP contribution in [-0.4, -0.2) is 5.78 Å². The molecule has 2 aromatic carbocycles. The van der Waals surface area contributed by atoms with Crippen LogP contribution in [0.2, 0.25) is 5.02 Å². The van der Waals surface area contributed by atoms with E-state index in [0.29, 0.717) is 28.1 Å². The van der Waals surface area contributed by atoms with Crippen molar-refractivity contribution in [2.24, 2.45) is 0 Å². The van der Waals surface area contributed by atoms with E-state index < -0.39 is 0 Å². The number of carbonyl (C=O) groups is 1. The Hall–Kier alpha value is -1.67. The van der Waals surface area contributed by atoms with E-state index in [1.54, 1.807) is 43.3 Å². The van der Waals surface area contributed by atoms with Gasteiger partial charge in [0.15, 0.2) is 5.78 Å². The summed E-state index contributed by atoms with van der Waals surface area (Å²) in [6.45, 7) is 1.80. The van der Waals surface area contributed by atoms with Gasteiger partial charge in [0.2, 0.25) is 0 Å². The first-order chi connectivity index (χ1) is 8.61. The number of rotatable bonds is 3. The minimum absolute atomic E-state index is 0.0474. The molecule has 3 heteroatoms. The fourth-order valence-corrected chi connectivity index (χ4v) is 1.95. The third-order valence-electron chi connectivity index (χ3n) is 2.75. The average molecular weight is 263 g/mol. The van der Waals surface area contributed by atoms with Crippen molar-refractivity contribution in [3.8, 4) is 11.1 Å². The molecule has 0 aliphatic carbocycles. The third kappa shape index (κ3) is 2.59. The summed E-state index contributed by atoms with van der Waals surface area (Å²) in [7, 11) is 0. The highest BCUT2D eigenvalue weighted by Crippen LogP contribution is 2.26. The van der Waals surface area contributed by atoms with Gasteiger partial charge in [0.1, 0.15) is 5.82 Å². The van der Waals surface area contributed by atoms with Gasteiger partial charge in [-0.25, -0.2) is 4.39 Å². The van der Waals surface area contributed by atoms with Crippen LogP contribution in [0.15, 0.2) is 42.5 Å². The highest BCUT2D eigenvalue weighted by atomic mass is 35.5. The zero-order valence-corrected chi connectivity index (χ0v) is 10.7. The van der Waals surface area contributed by atoms with Gasteiger partial charge in [-0.2, -0.15) is 0 Å². The molecule has 0 saturated heterocycles. The Morgan fingerprint density at radius 1 is 1.22 bits per heavy atom. The van der Waals surface area contributed by atoms with Gasteiger partial charge in [0.25, 0.3) is 0 Å². The van der Waals surface area contributed by atoms with Gasteiger partial charge in [-0.05, 0) is 29.8 Å². The molecule has 18 heavy (non-hydrogen) atoms. The summed E-state index contributed by atoms with van der Waals surface area (Å²) < 4.78 is 13.8. The van der Waals surface area contributed by atoms with Crippen LogP contribution in [0.5, 0.6) is 0 Å². The van der Waals surface area contributed by atoms with Gasteiger partial charge >= 0.3 is 0 Å². The number of Topliss-reactive ketones (excluding diaryl/α,β-unsaturated/α-hetero) is 1. The Kier molecular flexibility index (Phi) is 3.78. The predicted molar refractivity (Wildman–Crippen MR) is 71.5 cm³/mol. The lowest BCUT2D eigenvalue weighted by molar-refractivity contribution is 0.0988. The normalized spacial score (nSPS) is 10.4. The summed E-state index contributed by atoms with van der Waals surface area (Å²) in [6, 6.07) is 11.5. The second kappa shape index (κ2) is 5.32. The second-order valence-electron chi connectivity index (χ2n) is 3.98. The summed E-state index contributed by atoms with van der Waals surface area (Å²) >= 11 is 5.71. The maximum absolute atomic E-state index is 13.8. The van der Waals surface area contributed by atoms with Crippen LogP contribution in [0.1, 0.15) is 23.7 Å². The zero-order valence-electron chi connectivity index (χ0n) is 9.91. The first kappa shape index (κ1) is 12.8. The molecule has 0 fully saturated rings. The molecule has 0 saturated carbocycles. The van der Waals surface area contributed by atoms with Crippen LogP contribution < -0.4 is 0 Å². The lowest BCUT2D eigenvalue weighted by Crippen LogP contribution is -1.96. The maximum atomic E-state index is 13.8. The molecule has 0 aliphatic heterocycles. The van der Waals surface area contributed by atoms with Crippen LogP contribution in [0.25, 0.3) is 11.1 Å². The van der Waals surface area contributed by atoms with Crippen molar-refractivity contribution in [1.29, 1.82) is 0 Å². The zero-order chi connectivity index (χ0) is 13.1. The topological polar surface area (TPSA) is 17.1 Å². The highest BCUT2D eigenvalue weighted by molar-refractivity contribution is 6.30. The van der Waals surface area contributed by atoms with E-state index in [9.17, 15) is 9.18 Å². The third-order valence-corrected chi connectivity index (χ3v) is 2.98. The first-order valence-electron chi connectivity index (χ1n) is 5.70. The van der Waals surface area contributed by atoms with E-state index in [1.807, 2.05) is 0 Å². The molecular formula is C15H12ClFO. The summed E-state index contributed by atoms with van der Waals surface area (Å²) in [4.78, 5) is 11.6. The van der Waals surface area contributed by atoms with Crippen molar-refractivity contribution in [1.82, 2.24) is 0 Å². The lowest BCUT2D eigenvalue weighted by atomic mass is 10.0. The number of carbonyl (C=O) groups excluding carboxylic acids is 1. The molecule has 0 heterocycles. The number of hydrogen-bond donors (Lipinski definition) is 0. The molecule has 2 aromatic rings. The SMILES string of the molecule is CCC(=O)c1cccc(-c2ccc(Cl)cc2F)c1. The summed E-state index contributed by atoms with van der Waals surface area (Å²) in [6.07, 6.45) is 0.437. The largest absolute Gasteiger partial charge is 0.294 e. The molecule has 0 N–H and O–H groups in total. The van der Waals surface area contributed by atoms with Crippen molar-refractivity contribution >= 4 is 17.4 Å². The van der Waals surface area contributed by atoms with Crippen LogP contribution in [0, 0.1) is 5.82 Å². The van der Waals surface area contributed by atoms with Crippen LogP contribution in [0.4, 0.5) is 4.39 Å². The van der Waals surface area contributed by atoms with Crippen molar-refractivity contribution < 1.29 is 9.18 Å². The minimum Gasteiger partial charge on any atom is -0.294 e. The monoisotopic (exact) mass is 262 g/mol. The number of halogens is 2. The predicted octanol–water partition coefficient (Wildman–Crippen LogP) is 4.74. The average Bonchev–Trinajstić information content (AvgIpc) is 2.38. The van der Waals surface area contributed by atoms with Gasteiger partial charge in [-0.15, -0.1) is 0 Å². The van der Waals surface area contributed by atoms with Gasteiger partial charge < -0.3 is 0 Å². The number of ketones is 1. The molecule has 0 aliphatic rings. The summed E-state index contributed by atoms with van der Waals surface area (Å²) in [5.41, 5.74) is 1.73. The molecule has 0 spiro atoms. The van der Waals surface area contributed by atoms with Crippen molar-refractivity contribution in [3.63, 3.8) is 0 Å². The van der Waals surface area contributed by atoms with Gasteiger partial charge in [0, 0.05) is 22.6 Å². The molecular weight excluding hydrogens is 251 g/mol. The maximum Gasteiger partial charge on any atom is 0.162 e. The summed E-state index contributed by atoms with van der Waals surface area (Å²) in [5.74, 6) is -0.338. The molecule has 92 valence electrons. The Labute approximate surface area is 110 Å². The van der Waals surface area contributed by atoms with Crippen molar-refractivity contribution in [3.05, 3.63) is 58.9 Å². The Balaban J connectivity index is 2.48. The van der Waals surface area contributed by atoms with E-state index in [2.05, 4.69) is 0 Å². The first-order valence-corrected chi connectivity index (χ1v) is 6.08. The second-order valence-corrected chi connectivity index (χ2v) is 4.42. The van der Waals surface area contributed by atoms with E-state index in [0.717, 1.165) is 0 Å². The van der Waals surface area contributed by atoms with Crippen LogP contribution in [-0.2, 0) is 0 Å². The smallest absolute Gasteiger partial charge is 0.162 e. The van der Waals surface area contributed by atoms with Crippen LogP contribution >= 0.6 is 11.6 Å². The van der Waals surface area contributed by atoms with Crippen LogP contribution in [0.3, 0.4) is 0 Å². The highest BCUT2D eigenvalue weighted by Gasteiger charge is 2.08. The molecule has 0 amide bonds. The molecule has 0 unspecified atom stereocenters. The van der Waals surface area contributed by atoms with Crippen molar-refractivity contribution in [2.75, 3.05) is 0 Å². The fourth-order valence-electron chi connectivity index (χ4n) is 1.79.